The van der Waals surface area contributed by atoms with Crippen LogP contribution in [0.3, 0.4) is 0 Å². The first-order valence-electron chi connectivity index (χ1n) is 1.75. The molecule has 0 aliphatic carbocycles. The fraction of sp³-hybridized carbons (Fsp3) is 0.500. The molecule has 0 amide bonds. The molecule has 0 spiro atoms. The van der Waals surface area contributed by atoms with Crippen LogP contribution in [0, 0.1) is 0 Å². The van der Waals surface area contributed by atoms with Crippen LogP contribution in [0.15, 0.2) is 11.7 Å². The van der Waals surface area contributed by atoms with Gasteiger partial charge in [0.05, 0.1) is 5.88 Å². The van der Waals surface area contributed by atoms with Crippen LogP contribution in [0.4, 0.5) is 8.78 Å². The van der Waals surface area contributed by atoms with Crippen LogP contribution in [0.2, 0.25) is 0 Å². The first-order chi connectivity index (χ1) is 3.18. The summed E-state index contributed by atoms with van der Waals surface area (Å²) in [7, 11) is 0. The van der Waals surface area contributed by atoms with E-state index in [2.05, 4.69) is 0 Å². The lowest BCUT2D eigenvalue weighted by molar-refractivity contribution is 0.541. The van der Waals surface area contributed by atoms with Gasteiger partial charge in [0.1, 0.15) is 11.7 Å². The Kier molecular flexibility index (Phi) is 2.92. The number of alkyl halides is 1. The molecule has 0 saturated heterocycles. The molecule has 0 rings (SSSR count). The van der Waals surface area contributed by atoms with E-state index < -0.39 is 11.7 Å². The van der Waals surface area contributed by atoms with E-state index in [1.807, 2.05) is 0 Å². The average Bonchev–Trinajstić information content (AvgIpc) is 1.65. The summed E-state index contributed by atoms with van der Waals surface area (Å²) in [6.45, 7) is 1.03. The molecular formula is C4H5ClF2. The van der Waals surface area contributed by atoms with Crippen molar-refractivity contribution in [1.82, 2.24) is 0 Å². The van der Waals surface area contributed by atoms with Crippen molar-refractivity contribution in [3.63, 3.8) is 0 Å². The molecule has 0 fully saturated rings. The number of halogens is 3. The molecule has 0 saturated carbocycles. The van der Waals surface area contributed by atoms with E-state index in [0.717, 1.165) is 6.92 Å². The average molecular weight is 127 g/mol. The van der Waals surface area contributed by atoms with Crippen molar-refractivity contribution in [2.45, 2.75) is 6.92 Å². The Morgan fingerprint density at radius 1 is 1.57 bits per heavy atom. The standard InChI is InChI=1S/C4H5ClF2/c1-3(6)4(7)2-5/h2H2,1H3. The Balaban J connectivity index is 3.72. The fourth-order valence-corrected chi connectivity index (χ4v) is 0.276. The molecule has 0 N–H and O–H groups in total. The quantitative estimate of drug-likeness (QED) is 0.474. The van der Waals surface area contributed by atoms with E-state index in [9.17, 15) is 8.78 Å². The largest absolute Gasteiger partial charge is 0.209 e. The van der Waals surface area contributed by atoms with Gasteiger partial charge >= 0.3 is 0 Å². The summed E-state index contributed by atoms with van der Waals surface area (Å²) >= 11 is 4.87. The van der Waals surface area contributed by atoms with Gasteiger partial charge in [0, 0.05) is 0 Å². The van der Waals surface area contributed by atoms with Gasteiger partial charge in [-0.2, -0.15) is 0 Å². The minimum atomic E-state index is -0.887. The molecule has 0 radical (unpaired) electrons. The second kappa shape index (κ2) is 2.97. The van der Waals surface area contributed by atoms with Gasteiger partial charge in [-0.05, 0) is 6.92 Å². The Morgan fingerprint density at radius 2 is 2.00 bits per heavy atom. The minimum Gasteiger partial charge on any atom is -0.209 e. The van der Waals surface area contributed by atoms with Crippen LogP contribution in [-0.4, -0.2) is 5.88 Å². The van der Waals surface area contributed by atoms with Crippen molar-refractivity contribution in [2.75, 3.05) is 5.88 Å². The van der Waals surface area contributed by atoms with Crippen LogP contribution >= 0.6 is 11.6 Å². The lowest BCUT2D eigenvalue weighted by atomic mass is 10.5. The molecule has 3 heteroatoms. The first-order valence-corrected chi connectivity index (χ1v) is 2.28. The molecule has 0 unspecified atom stereocenters. The normalized spacial score (nSPS) is 13.7. The van der Waals surface area contributed by atoms with Gasteiger partial charge in [-0.1, -0.05) is 0 Å². The zero-order valence-corrected chi connectivity index (χ0v) is 4.60. The highest BCUT2D eigenvalue weighted by atomic mass is 35.5. The van der Waals surface area contributed by atoms with Crippen molar-refractivity contribution in [1.29, 1.82) is 0 Å². The highest BCUT2D eigenvalue weighted by molar-refractivity contribution is 6.19. The molecule has 0 aromatic carbocycles. The Labute approximate surface area is 45.8 Å². The van der Waals surface area contributed by atoms with Crippen molar-refractivity contribution in [2.24, 2.45) is 0 Å². The van der Waals surface area contributed by atoms with Crippen molar-refractivity contribution in [3.05, 3.63) is 11.7 Å². The van der Waals surface area contributed by atoms with E-state index in [4.69, 9.17) is 11.6 Å². The molecule has 0 nitrogen and oxygen atoms in total. The monoisotopic (exact) mass is 126 g/mol. The van der Waals surface area contributed by atoms with E-state index in [-0.39, 0.29) is 5.88 Å². The Hall–Kier alpha value is -0.110. The van der Waals surface area contributed by atoms with Crippen molar-refractivity contribution in [3.8, 4) is 0 Å². The molecule has 0 aliphatic heterocycles. The molecule has 0 aliphatic rings. The van der Waals surface area contributed by atoms with Crippen molar-refractivity contribution < 1.29 is 8.78 Å². The second-order valence-corrected chi connectivity index (χ2v) is 1.34. The first kappa shape index (κ1) is 6.89. The van der Waals surface area contributed by atoms with Crippen LogP contribution in [0.1, 0.15) is 6.92 Å². The van der Waals surface area contributed by atoms with Gasteiger partial charge in [0.15, 0.2) is 0 Å². The zero-order valence-electron chi connectivity index (χ0n) is 3.84. The van der Waals surface area contributed by atoms with Crippen LogP contribution in [-0.2, 0) is 0 Å². The molecule has 0 bridgehead atoms. The maximum absolute atomic E-state index is 11.6. The SMILES string of the molecule is CC(F)=C(F)CCl. The van der Waals surface area contributed by atoms with E-state index in [1.54, 1.807) is 0 Å². The molecule has 0 atom stereocenters. The molecule has 0 aromatic rings. The predicted octanol–water partition coefficient (Wildman–Crippen LogP) is 2.40. The number of hydrogen-bond acceptors (Lipinski definition) is 0. The smallest absolute Gasteiger partial charge is 0.146 e. The summed E-state index contributed by atoms with van der Waals surface area (Å²) < 4.78 is 23.1. The number of hydrogen-bond donors (Lipinski definition) is 0. The van der Waals surface area contributed by atoms with Crippen molar-refractivity contribution >= 4 is 11.6 Å². The van der Waals surface area contributed by atoms with Crippen LogP contribution in [0.25, 0.3) is 0 Å². The lowest BCUT2D eigenvalue weighted by Gasteiger charge is -1.84. The summed E-state index contributed by atoms with van der Waals surface area (Å²) in [6.07, 6.45) is 0. The van der Waals surface area contributed by atoms with Gasteiger partial charge in [-0.3, -0.25) is 0 Å². The topological polar surface area (TPSA) is 0 Å². The predicted molar refractivity (Wildman–Crippen MR) is 25.6 cm³/mol. The minimum absolute atomic E-state index is 0.373. The van der Waals surface area contributed by atoms with Gasteiger partial charge in [0.2, 0.25) is 0 Å². The van der Waals surface area contributed by atoms with Gasteiger partial charge in [-0.15, -0.1) is 11.6 Å². The highest BCUT2D eigenvalue weighted by Gasteiger charge is 1.94. The van der Waals surface area contributed by atoms with Crippen LogP contribution < -0.4 is 0 Å². The zero-order chi connectivity index (χ0) is 5.86. The molecule has 0 heterocycles. The Morgan fingerprint density at radius 3 is 2.00 bits per heavy atom. The Bertz CT molecular complexity index is 83.7. The molecule has 42 valence electrons. The number of rotatable bonds is 1. The highest BCUT2D eigenvalue weighted by Crippen LogP contribution is 2.06. The summed E-state index contributed by atoms with van der Waals surface area (Å²) in [5.41, 5.74) is 0. The van der Waals surface area contributed by atoms with E-state index in [1.165, 1.54) is 0 Å². The summed E-state index contributed by atoms with van der Waals surface area (Å²) in [5, 5.41) is 0. The molecular weight excluding hydrogens is 121 g/mol. The van der Waals surface area contributed by atoms with Gasteiger partial charge < -0.3 is 0 Å². The maximum atomic E-state index is 11.6. The molecule has 7 heavy (non-hydrogen) atoms. The van der Waals surface area contributed by atoms with Gasteiger partial charge in [0.25, 0.3) is 0 Å². The lowest BCUT2D eigenvalue weighted by Crippen LogP contribution is -1.74. The summed E-state index contributed by atoms with van der Waals surface area (Å²) in [5.74, 6) is -2.10. The maximum Gasteiger partial charge on any atom is 0.146 e. The third-order valence-corrected chi connectivity index (χ3v) is 0.726. The third-order valence-electron chi connectivity index (χ3n) is 0.491. The summed E-state index contributed by atoms with van der Waals surface area (Å²) in [6, 6.07) is 0. The molecule has 0 aromatic heterocycles. The third kappa shape index (κ3) is 2.57. The van der Waals surface area contributed by atoms with E-state index in [0.29, 0.717) is 0 Å². The number of allylic oxidation sites excluding steroid dienone is 2. The second-order valence-electron chi connectivity index (χ2n) is 1.07. The summed E-state index contributed by atoms with van der Waals surface area (Å²) in [4.78, 5) is 0. The van der Waals surface area contributed by atoms with Gasteiger partial charge in [-0.25, -0.2) is 8.78 Å². The van der Waals surface area contributed by atoms with Crippen LogP contribution in [0.5, 0.6) is 0 Å². The van der Waals surface area contributed by atoms with E-state index >= 15 is 0 Å². The fourth-order valence-electron chi connectivity index (χ4n) is 0.0921.